The molecule has 2 aliphatic rings. The molecule has 1 saturated carbocycles. The molecule has 1 aliphatic carbocycles. The molecule has 0 spiro atoms. The molecule has 2 heterocycles. The average molecular weight is 338 g/mol. The van der Waals surface area contributed by atoms with Gasteiger partial charge in [0.05, 0.1) is 18.8 Å². The van der Waals surface area contributed by atoms with E-state index in [4.69, 9.17) is 9.47 Å². The molecule has 3 rings (SSSR count). The number of hydrogen-bond donors (Lipinski definition) is 0. The molecule has 0 bridgehead atoms. The summed E-state index contributed by atoms with van der Waals surface area (Å²) in [6.07, 6.45) is 8.62. The highest BCUT2D eigenvalue weighted by Gasteiger charge is 2.23. The van der Waals surface area contributed by atoms with Gasteiger partial charge < -0.3 is 9.47 Å². The van der Waals surface area contributed by atoms with Crippen LogP contribution in [0.1, 0.15) is 50.3 Å². The molecule has 1 aromatic rings. The lowest BCUT2D eigenvalue weighted by Gasteiger charge is -2.30. The van der Waals surface area contributed by atoms with Crippen LogP contribution in [0.2, 0.25) is 0 Å². The van der Waals surface area contributed by atoms with E-state index in [1.807, 2.05) is 11.3 Å². The van der Waals surface area contributed by atoms with Crippen LogP contribution in [0, 0.1) is 5.92 Å². The van der Waals surface area contributed by atoms with Crippen LogP contribution >= 0.6 is 11.3 Å². The third-order valence-electron chi connectivity index (χ3n) is 5.22. The Morgan fingerprint density at radius 1 is 1.26 bits per heavy atom. The Balaban J connectivity index is 1.46. The molecule has 3 unspecified atom stereocenters. The quantitative estimate of drug-likeness (QED) is 0.705. The first-order chi connectivity index (χ1) is 11.3. The third kappa shape index (κ3) is 5.56. The molecule has 2 fully saturated rings. The molecular weight excluding hydrogens is 306 g/mol. The van der Waals surface area contributed by atoms with Gasteiger partial charge in [-0.1, -0.05) is 25.8 Å². The minimum atomic E-state index is 0.420. The van der Waals surface area contributed by atoms with Crippen LogP contribution in [0.15, 0.2) is 17.5 Å². The van der Waals surface area contributed by atoms with E-state index in [-0.39, 0.29) is 0 Å². The van der Waals surface area contributed by atoms with Crippen molar-refractivity contribution in [1.82, 2.24) is 4.90 Å². The number of thiophene rings is 1. The number of hydrogen-bond acceptors (Lipinski definition) is 4. The summed E-state index contributed by atoms with van der Waals surface area (Å²) in [5.74, 6) is 0.729. The fourth-order valence-electron chi connectivity index (χ4n) is 3.80. The van der Waals surface area contributed by atoms with E-state index in [1.165, 1.54) is 43.4 Å². The number of nitrogens with zero attached hydrogens (tertiary/aromatic N) is 1. The lowest BCUT2D eigenvalue weighted by Crippen LogP contribution is -2.36. The smallest absolute Gasteiger partial charge is 0.0703 e. The second-order valence-corrected chi connectivity index (χ2v) is 8.15. The zero-order valence-electron chi connectivity index (χ0n) is 14.4. The molecule has 0 N–H and O–H groups in total. The van der Waals surface area contributed by atoms with Gasteiger partial charge in [0.15, 0.2) is 0 Å². The zero-order valence-corrected chi connectivity index (χ0v) is 15.2. The van der Waals surface area contributed by atoms with Gasteiger partial charge in [-0.25, -0.2) is 0 Å². The van der Waals surface area contributed by atoms with Crippen LogP contribution in [0.25, 0.3) is 0 Å². The summed E-state index contributed by atoms with van der Waals surface area (Å²) in [7, 11) is 0. The van der Waals surface area contributed by atoms with Crippen molar-refractivity contribution in [1.29, 1.82) is 0 Å². The molecule has 4 heteroatoms. The Kier molecular flexibility index (Phi) is 6.94. The first kappa shape index (κ1) is 17.4. The van der Waals surface area contributed by atoms with Crippen molar-refractivity contribution in [2.24, 2.45) is 5.92 Å². The molecule has 0 aromatic carbocycles. The Labute approximate surface area is 145 Å². The molecular formula is C19H31NO2S. The lowest BCUT2D eigenvalue weighted by molar-refractivity contribution is -0.0196. The largest absolute Gasteiger partial charge is 0.377 e. The number of rotatable bonds is 8. The van der Waals surface area contributed by atoms with E-state index >= 15 is 0 Å². The topological polar surface area (TPSA) is 21.7 Å². The van der Waals surface area contributed by atoms with E-state index in [0.717, 1.165) is 38.8 Å². The highest BCUT2D eigenvalue weighted by atomic mass is 32.1. The van der Waals surface area contributed by atoms with Gasteiger partial charge in [0, 0.05) is 31.1 Å². The van der Waals surface area contributed by atoms with Crippen molar-refractivity contribution in [2.45, 2.75) is 64.2 Å². The molecule has 23 heavy (non-hydrogen) atoms. The summed E-state index contributed by atoms with van der Waals surface area (Å²) in [6, 6.07) is 4.38. The van der Waals surface area contributed by atoms with Gasteiger partial charge >= 0.3 is 0 Å². The van der Waals surface area contributed by atoms with E-state index in [9.17, 15) is 0 Å². The fraction of sp³-hybridized carbons (Fsp3) is 0.789. The van der Waals surface area contributed by atoms with E-state index in [1.54, 1.807) is 0 Å². The average Bonchev–Trinajstić information content (AvgIpc) is 3.23. The van der Waals surface area contributed by atoms with Crippen LogP contribution in [0.3, 0.4) is 0 Å². The summed E-state index contributed by atoms with van der Waals surface area (Å²) >= 11 is 1.85. The van der Waals surface area contributed by atoms with Crippen LogP contribution in [-0.4, -0.2) is 43.4 Å². The predicted molar refractivity (Wildman–Crippen MR) is 95.9 cm³/mol. The second-order valence-electron chi connectivity index (χ2n) is 7.12. The maximum Gasteiger partial charge on any atom is 0.0703 e. The fourth-order valence-corrected chi connectivity index (χ4v) is 4.54. The Hall–Kier alpha value is -0.420. The molecule has 3 atom stereocenters. The first-order valence-electron chi connectivity index (χ1n) is 9.29. The van der Waals surface area contributed by atoms with Gasteiger partial charge in [0.25, 0.3) is 0 Å². The lowest BCUT2D eigenvalue weighted by atomic mass is 9.88. The minimum Gasteiger partial charge on any atom is -0.377 e. The molecule has 1 aromatic heterocycles. The van der Waals surface area contributed by atoms with Gasteiger partial charge in [-0.3, -0.25) is 4.90 Å². The Bertz CT molecular complexity index is 431. The normalized spacial score (nSPS) is 28.5. The van der Waals surface area contributed by atoms with Crippen LogP contribution in [0.4, 0.5) is 0 Å². The molecule has 130 valence electrons. The van der Waals surface area contributed by atoms with Crippen molar-refractivity contribution in [2.75, 3.05) is 26.3 Å². The first-order valence-corrected chi connectivity index (χ1v) is 10.2. The SMILES string of the molecule is CC1CCCCC1OCCN(Cc1cccs1)CC1CCCO1. The highest BCUT2D eigenvalue weighted by Crippen LogP contribution is 2.26. The van der Waals surface area contributed by atoms with Gasteiger partial charge in [-0.15, -0.1) is 11.3 Å². The maximum atomic E-state index is 6.23. The van der Waals surface area contributed by atoms with Crippen molar-refractivity contribution >= 4 is 11.3 Å². The summed E-state index contributed by atoms with van der Waals surface area (Å²) < 4.78 is 12.1. The Morgan fingerprint density at radius 2 is 2.17 bits per heavy atom. The van der Waals surface area contributed by atoms with Crippen molar-refractivity contribution in [3.63, 3.8) is 0 Å². The van der Waals surface area contributed by atoms with E-state index in [0.29, 0.717) is 12.2 Å². The van der Waals surface area contributed by atoms with Gasteiger partial charge in [0.1, 0.15) is 0 Å². The summed E-state index contributed by atoms with van der Waals surface area (Å²) in [5.41, 5.74) is 0. The summed E-state index contributed by atoms with van der Waals surface area (Å²) in [4.78, 5) is 3.96. The van der Waals surface area contributed by atoms with E-state index < -0.39 is 0 Å². The van der Waals surface area contributed by atoms with Gasteiger partial charge in [-0.2, -0.15) is 0 Å². The standard InChI is InChI=1S/C19H31NO2S/c1-16-6-2-3-9-19(16)22-12-10-20(14-17-7-4-11-21-17)15-18-8-5-13-23-18/h5,8,13,16-17,19H,2-4,6-7,9-12,14-15H2,1H3. The maximum absolute atomic E-state index is 6.23. The third-order valence-corrected chi connectivity index (χ3v) is 6.08. The second kappa shape index (κ2) is 9.16. The van der Waals surface area contributed by atoms with Crippen LogP contribution in [-0.2, 0) is 16.0 Å². The molecule has 1 aliphatic heterocycles. The Morgan fingerprint density at radius 3 is 2.91 bits per heavy atom. The van der Waals surface area contributed by atoms with Crippen molar-refractivity contribution < 1.29 is 9.47 Å². The minimum absolute atomic E-state index is 0.420. The highest BCUT2D eigenvalue weighted by molar-refractivity contribution is 7.09. The van der Waals surface area contributed by atoms with Crippen LogP contribution in [0.5, 0.6) is 0 Å². The predicted octanol–water partition coefficient (Wildman–Crippen LogP) is 4.32. The number of ether oxygens (including phenoxy) is 2. The summed E-state index contributed by atoms with van der Waals surface area (Å²) in [5, 5.41) is 2.17. The van der Waals surface area contributed by atoms with Crippen molar-refractivity contribution in [3.05, 3.63) is 22.4 Å². The van der Waals surface area contributed by atoms with Gasteiger partial charge in [-0.05, 0) is 43.0 Å². The molecule has 0 radical (unpaired) electrons. The van der Waals surface area contributed by atoms with E-state index in [2.05, 4.69) is 29.3 Å². The monoisotopic (exact) mass is 337 g/mol. The van der Waals surface area contributed by atoms with Gasteiger partial charge in [0.2, 0.25) is 0 Å². The molecule has 3 nitrogen and oxygen atoms in total. The molecule has 1 saturated heterocycles. The summed E-state index contributed by atoms with van der Waals surface area (Å²) in [6.45, 7) is 7.23. The molecule has 0 amide bonds. The zero-order chi connectivity index (χ0) is 15.9. The van der Waals surface area contributed by atoms with Crippen molar-refractivity contribution in [3.8, 4) is 0 Å². The van der Waals surface area contributed by atoms with Crippen LogP contribution < -0.4 is 0 Å².